The molecule has 2 N–H and O–H groups in total. The van der Waals surface area contributed by atoms with Gasteiger partial charge in [-0.2, -0.15) is 0 Å². The number of hydrogen-bond donors (Lipinski definition) is 2. The Bertz CT molecular complexity index is 452. The summed E-state index contributed by atoms with van der Waals surface area (Å²) in [5.74, 6) is 0. The fraction of sp³-hybridized carbons (Fsp3) is 0.533. The van der Waals surface area contributed by atoms with E-state index in [9.17, 15) is 4.79 Å². The van der Waals surface area contributed by atoms with Gasteiger partial charge < -0.3 is 15.4 Å². The Hall–Kier alpha value is -1.55. The van der Waals surface area contributed by atoms with E-state index in [0.717, 1.165) is 13.0 Å². The van der Waals surface area contributed by atoms with Crippen molar-refractivity contribution in [2.45, 2.75) is 45.4 Å². The molecule has 0 spiro atoms. The van der Waals surface area contributed by atoms with Gasteiger partial charge in [0.15, 0.2) is 0 Å². The van der Waals surface area contributed by atoms with Crippen LogP contribution in [0.25, 0.3) is 0 Å². The second kappa shape index (κ2) is 5.61. The lowest BCUT2D eigenvalue weighted by atomic mass is 10.0. The second-order valence-electron chi connectivity index (χ2n) is 5.85. The van der Waals surface area contributed by atoms with Crippen LogP contribution < -0.4 is 10.6 Å². The lowest BCUT2D eigenvalue weighted by Crippen LogP contribution is -2.34. The molecule has 0 fully saturated rings. The summed E-state index contributed by atoms with van der Waals surface area (Å²) >= 11 is 0. The molecule has 0 bridgehead atoms. The van der Waals surface area contributed by atoms with Crippen LogP contribution in [0.4, 0.5) is 4.79 Å². The zero-order chi connectivity index (χ0) is 13.9. The molecule has 1 heterocycles. The van der Waals surface area contributed by atoms with Crippen molar-refractivity contribution >= 4 is 6.09 Å². The van der Waals surface area contributed by atoms with Crippen LogP contribution in [0.3, 0.4) is 0 Å². The minimum atomic E-state index is -0.442. The number of rotatable bonds is 3. The minimum Gasteiger partial charge on any atom is -0.444 e. The summed E-state index contributed by atoms with van der Waals surface area (Å²) in [5, 5.41) is 6.25. The molecule has 0 radical (unpaired) electrons. The third-order valence-corrected chi connectivity index (χ3v) is 3.07. The average Bonchev–Trinajstić information content (AvgIpc) is 2.70. The van der Waals surface area contributed by atoms with E-state index >= 15 is 0 Å². The molecule has 0 saturated heterocycles. The highest BCUT2D eigenvalue weighted by Gasteiger charge is 2.21. The van der Waals surface area contributed by atoms with E-state index < -0.39 is 5.60 Å². The molecule has 0 aromatic heterocycles. The van der Waals surface area contributed by atoms with Crippen LogP contribution in [-0.4, -0.2) is 18.2 Å². The number of carbonyl (C=O) groups excluding carboxylic acids is 1. The third kappa shape index (κ3) is 3.96. The molecule has 4 nitrogen and oxygen atoms in total. The largest absolute Gasteiger partial charge is 0.444 e. The highest BCUT2D eigenvalue weighted by Crippen LogP contribution is 2.26. The summed E-state index contributed by atoms with van der Waals surface area (Å²) in [5.41, 5.74) is 2.25. The zero-order valence-corrected chi connectivity index (χ0v) is 11.8. The summed E-state index contributed by atoms with van der Waals surface area (Å²) < 4.78 is 5.20. The lowest BCUT2D eigenvalue weighted by Gasteiger charge is -2.20. The van der Waals surface area contributed by atoms with Gasteiger partial charge in [0.25, 0.3) is 0 Å². The van der Waals surface area contributed by atoms with Gasteiger partial charge in [0, 0.05) is 19.1 Å². The van der Waals surface area contributed by atoms with Crippen molar-refractivity contribution < 1.29 is 9.53 Å². The van der Waals surface area contributed by atoms with E-state index in [2.05, 4.69) is 34.9 Å². The van der Waals surface area contributed by atoms with Gasteiger partial charge in [-0.1, -0.05) is 24.3 Å². The molecule has 1 amide bonds. The fourth-order valence-corrected chi connectivity index (χ4v) is 2.27. The molecule has 4 heteroatoms. The van der Waals surface area contributed by atoms with Gasteiger partial charge in [0.2, 0.25) is 0 Å². The fourth-order valence-electron chi connectivity index (χ4n) is 2.27. The number of amides is 1. The molecule has 1 aromatic rings. The van der Waals surface area contributed by atoms with E-state index in [0.29, 0.717) is 12.6 Å². The van der Waals surface area contributed by atoms with Gasteiger partial charge in [0.05, 0.1) is 0 Å². The Morgan fingerprint density at radius 2 is 2.16 bits per heavy atom. The maximum Gasteiger partial charge on any atom is 0.407 e. The normalized spacial score (nSPS) is 17.9. The summed E-state index contributed by atoms with van der Waals surface area (Å²) in [6.45, 7) is 7.11. The number of hydrogen-bond acceptors (Lipinski definition) is 3. The van der Waals surface area contributed by atoms with Gasteiger partial charge in [-0.05, 0) is 38.3 Å². The maximum absolute atomic E-state index is 11.5. The molecule has 2 rings (SSSR count). The highest BCUT2D eigenvalue weighted by atomic mass is 16.6. The van der Waals surface area contributed by atoms with Crippen molar-refractivity contribution in [3.63, 3.8) is 0 Å². The standard InChI is InChI=1S/C15H22N2O2/c1-15(2,3)19-14(18)16-9-8-13-12-7-5-4-6-11(12)10-17-13/h4-7,13,17H,8-10H2,1-3H3,(H,16,18). The first-order valence-corrected chi connectivity index (χ1v) is 6.74. The summed E-state index contributed by atoms with van der Waals surface area (Å²) in [7, 11) is 0. The predicted molar refractivity (Wildman–Crippen MR) is 74.9 cm³/mol. The molecule has 0 saturated carbocycles. The Labute approximate surface area is 114 Å². The molecule has 1 atom stereocenters. The highest BCUT2D eigenvalue weighted by molar-refractivity contribution is 5.67. The van der Waals surface area contributed by atoms with Crippen LogP contribution in [0.15, 0.2) is 24.3 Å². The average molecular weight is 262 g/mol. The summed E-state index contributed by atoms with van der Waals surface area (Å²) in [4.78, 5) is 11.5. The minimum absolute atomic E-state index is 0.325. The molecular weight excluding hydrogens is 240 g/mol. The Kier molecular flexibility index (Phi) is 4.10. The molecule has 104 valence electrons. The molecular formula is C15H22N2O2. The first kappa shape index (κ1) is 13.9. The number of nitrogens with one attached hydrogen (secondary N) is 2. The van der Waals surface area contributed by atoms with Gasteiger partial charge in [0.1, 0.15) is 5.60 Å². The van der Waals surface area contributed by atoms with Crippen LogP contribution in [0.1, 0.15) is 44.4 Å². The summed E-state index contributed by atoms with van der Waals surface area (Å²) in [6, 6.07) is 8.73. The van der Waals surface area contributed by atoms with Crippen LogP contribution in [-0.2, 0) is 11.3 Å². The van der Waals surface area contributed by atoms with Gasteiger partial charge in [-0.3, -0.25) is 0 Å². The maximum atomic E-state index is 11.5. The smallest absolute Gasteiger partial charge is 0.407 e. The third-order valence-electron chi connectivity index (χ3n) is 3.07. The van der Waals surface area contributed by atoms with Crippen molar-refractivity contribution in [3.05, 3.63) is 35.4 Å². The molecule has 0 aliphatic carbocycles. The van der Waals surface area contributed by atoms with Gasteiger partial charge >= 0.3 is 6.09 Å². The van der Waals surface area contributed by atoms with Crippen molar-refractivity contribution in [2.75, 3.05) is 6.54 Å². The molecule has 1 aromatic carbocycles. The summed E-state index contributed by atoms with van der Waals surface area (Å²) in [6.07, 6.45) is 0.523. The van der Waals surface area contributed by atoms with E-state index in [4.69, 9.17) is 4.74 Å². The number of carbonyl (C=O) groups is 1. The molecule has 19 heavy (non-hydrogen) atoms. The Morgan fingerprint density at radius 1 is 1.42 bits per heavy atom. The Balaban J connectivity index is 1.77. The zero-order valence-electron chi connectivity index (χ0n) is 11.8. The molecule has 1 aliphatic heterocycles. The first-order chi connectivity index (χ1) is 8.96. The predicted octanol–water partition coefficient (Wildman–Crippen LogP) is 2.75. The number of fused-ring (bicyclic) bond motifs is 1. The SMILES string of the molecule is CC(C)(C)OC(=O)NCCC1NCc2ccccc21. The second-order valence-corrected chi connectivity index (χ2v) is 5.85. The van der Waals surface area contributed by atoms with E-state index in [1.807, 2.05) is 20.8 Å². The van der Waals surface area contributed by atoms with Crippen LogP contribution in [0.2, 0.25) is 0 Å². The number of alkyl carbamates (subject to hydrolysis) is 1. The van der Waals surface area contributed by atoms with E-state index in [1.54, 1.807) is 0 Å². The van der Waals surface area contributed by atoms with E-state index in [1.165, 1.54) is 11.1 Å². The lowest BCUT2D eigenvalue weighted by molar-refractivity contribution is 0.0526. The topological polar surface area (TPSA) is 50.4 Å². The quantitative estimate of drug-likeness (QED) is 0.880. The van der Waals surface area contributed by atoms with Crippen molar-refractivity contribution in [2.24, 2.45) is 0 Å². The van der Waals surface area contributed by atoms with E-state index in [-0.39, 0.29) is 6.09 Å². The van der Waals surface area contributed by atoms with Crippen molar-refractivity contribution in [3.8, 4) is 0 Å². The number of ether oxygens (including phenoxy) is 1. The van der Waals surface area contributed by atoms with Crippen molar-refractivity contribution in [1.82, 2.24) is 10.6 Å². The van der Waals surface area contributed by atoms with Crippen LogP contribution in [0, 0.1) is 0 Å². The van der Waals surface area contributed by atoms with Crippen LogP contribution >= 0.6 is 0 Å². The Morgan fingerprint density at radius 3 is 2.89 bits per heavy atom. The number of benzene rings is 1. The van der Waals surface area contributed by atoms with Gasteiger partial charge in [-0.15, -0.1) is 0 Å². The molecule has 1 aliphatic rings. The van der Waals surface area contributed by atoms with Gasteiger partial charge in [-0.25, -0.2) is 4.79 Å². The molecule has 1 unspecified atom stereocenters. The first-order valence-electron chi connectivity index (χ1n) is 6.74. The monoisotopic (exact) mass is 262 g/mol. The van der Waals surface area contributed by atoms with Crippen molar-refractivity contribution in [1.29, 1.82) is 0 Å². The van der Waals surface area contributed by atoms with Crippen LogP contribution in [0.5, 0.6) is 0 Å².